The summed E-state index contributed by atoms with van der Waals surface area (Å²) >= 11 is 1.39. The SMILES string of the molecule is COC(=O)NNC(=O)c1cc(-c2ccccc2)c(N2CCOCC2)s1. The second-order valence-corrected chi connectivity index (χ2v) is 6.40. The highest BCUT2D eigenvalue weighted by atomic mass is 32.1. The third-order valence-electron chi connectivity index (χ3n) is 3.78. The molecular formula is C17H19N3O4S. The van der Waals surface area contributed by atoms with E-state index >= 15 is 0 Å². The summed E-state index contributed by atoms with van der Waals surface area (Å²) in [6.45, 7) is 2.89. The number of hydrogen-bond donors (Lipinski definition) is 2. The van der Waals surface area contributed by atoms with Gasteiger partial charge in [-0.05, 0) is 11.6 Å². The van der Waals surface area contributed by atoms with Gasteiger partial charge >= 0.3 is 6.09 Å². The number of ether oxygens (including phenoxy) is 2. The third kappa shape index (κ3) is 4.09. The fourth-order valence-corrected chi connectivity index (χ4v) is 3.67. The normalized spacial score (nSPS) is 14.0. The first-order valence-electron chi connectivity index (χ1n) is 7.85. The van der Waals surface area contributed by atoms with Crippen molar-refractivity contribution < 1.29 is 19.1 Å². The zero-order chi connectivity index (χ0) is 17.6. The Hall–Kier alpha value is -2.58. The Morgan fingerprint density at radius 2 is 1.88 bits per heavy atom. The quantitative estimate of drug-likeness (QED) is 0.820. The van der Waals surface area contributed by atoms with Gasteiger partial charge in [-0.1, -0.05) is 30.3 Å². The van der Waals surface area contributed by atoms with Gasteiger partial charge in [-0.2, -0.15) is 0 Å². The summed E-state index contributed by atoms with van der Waals surface area (Å²) in [4.78, 5) is 26.2. The summed E-state index contributed by atoms with van der Waals surface area (Å²) in [6, 6.07) is 11.8. The van der Waals surface area contributed by atoms with Gasteiger partial charge in [0.2, 0.25) is 0 Å². The number of carbonyl (C=O) groups is 2. The molecule has 7 nitrogen and oxygen atoms in total. The molecule has 1 fully saturated rings. The van der Waals surface area contributed by atoms with Crippen molar-refractivity contribution in [2.24, 2.45) is 0 Å². The number of thiophene rings is 1. The lowest BCUT2D eigenvalue weighted by Crippen LogP contribution is -2.41. The molecule has 1 aliphatic rings. The predicted molar refractivity (Wildman–Crippen MR) is 95.8 cm³/mol. The van der Waals surface area contributed by atoms with Crippen LogP contribution >= 0.6 is 11.3 Å². The predicted octanol–water partition coefficient (Wildman–Crippen LogP) is 2.25. The highest BCUT2D eigenvalue weighted by molar-refractivity contribution is 7.18. The second-order valence-electron chi connectivity index (χ2n) is 5.37. The highest BCUT2D eigenvalue weighted by Gasteiger charge is 2.22. The minimum Gasteiger partial charge on any atom is -0.452 e. The zero-order valence-corrected chi connectivity index (χ0v) is 14.6. The second kappa shape index (κ2) is 8.00. The van der Waals surface area contributed by atoms with Crippen molar-refractivity contribution in [1.29, 1.82) is 0 Å². The molecular weight excluding hydrogens is 342 g/mol. The molecule has 3 rings (SSSR count). The Balaban J connectivity index is 1.88. The van der Waals surface area contributed by atoms with Crippen LogP contribution in [0.4, 0.5) is 9.80 Å². The van der Waals surface area contributed by atoms with Crippen LogP contribution in [0.25, 0.3) is 11.1 Å². The smallest absolute Gasteiger partial charge is 0.425 e. The number of nitrogens with one attached hydrogen (secondary N) is 2. The largest absolute Gasteiger partial charge is 0.452 e. The first kappa shape index (κ1) is 17.2. The molecule has 0 aliphatic carbocycles. The van der Waals surface area contributed by atoms with Crippen molar-refractivity contribution in [1.82, 2.24) is 10.9 Å². The van der Waals surface area contributed by atoms with Gasteiger partial charge in [-0.25, -0.2) is 10.2 Å². The number of amides is 2. The average molecular weight is 361 g/mol. The molecule has 2 heterocycles. The molecule has 2 aromatic rings. The van der Waals surface area contributed by atoms with Gasteiger partial charge in [0.25, 0.3) is 5.91 Å². The van der Waals surface area contributed by atoms with Crippen LogP contribution in [0.3, 0.4) is 0 Å². The molecule has 132 valence electrons. The molecule has 0 atom stereocenters. The number of rotatable bonds is 3. The highest BCUT2D eigenvalue weighted by Crippen LogP contribution is 2.39. The van der Waals surface area contributed by atoms with E-state index in [0.29, 0.717) is 18.1 Å². The van der Waals surface area contributed by atoms with Gasteiger partial charge in [0, 0.05) is 18.7 Å². The average Bonchev–Trinajstić information content (AvgIpc) is 3.12. The van der Waals surface area contributed by atoms with Gasteiger partial charge in [-0.15, -0.1) is 11.3 Å². The van der Waals surface area contributed by atoms with Crippen molar-refractivity contribution in [2.75, 3.05) is 38.3 Å². The van der Waals surface area contributed by atoms with E-state index in [4.69, 9.17) is 4.74 Å². The number of anilines is 1. The first-order valence-corrected chi connectivity index (χ1v) is 8.67. The minimum atomic E-state index is -0.721. The Kier molecular flexibility index (Phi) is 5.52. The minimum absolute atomic E-state index is 0.382. The molecule has 0 bridgehead atoms. The number of carbonyl (C=O) groups excluding carboxylic acids is 2. The molecule has 25 heavy (non-hydrogen) atoms. The van der Waals surface area contributed by atoms with Gasteiger partial charge in [0.15, 0.2) is 0 Å². The summed E-state index contributed by atoms with van der Waals surface area (Å²) in [5, 5.41) is 1.03. The van der Waals surface area contributed by atoms with Crippen LogP contribution in [-0.4, -0.2) is 45.4 Å². The van der Waals surface area contributed by atoms with Gasteiger partial charge in [-0.3, -0.25) is 10.2 Å². The maximum Gasteiger partial charge on any atom is 0.425 e. The van der Waals surface area contributed by atoms with Crippen LogP contribution in [-0.2, 0) is 9.47 Å². The van der Waals surface area contributed by atoms with Crippen molar-refractivity contribution in [3.63, 3.8) is 0 Å². The fraction of sp³-hybridized carbons (Fsp3) is 0.294. The maximum absolute atomic E-state index is 12.3. The van der Waals surface area contributed by atoms with E-state index in [1.165, 1.54) is 18.4 Å². The number of methoxy groups -OCH3 is 1. The number of morpholine rings is 1. The van der Waals surface area contributed by atoms with Crippen molar-refractivity contribution in [3.05, 3.63) is 41.3 Å². The molecule has 1 saturated heterocycles. The van der Waals surface area contributed by atoms with Crippen LogP contribution in [0.2, 0.25) is 0 Å². The van der Waals surface area contributed by atoms with Crippen LogP contribution < -0.4 is 15.8 Å². The van der Waals surface area contributed by atoms with Crippen LogP contribution in [0.5, 0.6) is 0 Å². The lowest BCUT2D eigenvalue weighted by molar-refractivity contribution is 0.0924. The Bertz CT molecular complexity index is 742. The Morgan fingerprint density at radius 1 is 1.16 bits per heavy atom. The topological polar surface area (TPSA) is 79.9 Å². The first-order chi connectivity index (χ1) is 12.2. The van der Waals surface area contributed by atoms with Crippen LogP contribution in [0, 0.1) is 0 Å². The summed E-state index contributed by atoms with van der Waals surface area (Å²) < 4.78 is 9.87. The van der Waals surface area contributed by atoms with Crippen molar-refractivity contribution in [3.8, 4) is 11.1 Å². The third-order valence-corrected chi connectivity index (χ3v) is 4.98. The molecule has 0 unspecified atom stereocenters. The monoisotopic (exact) mass is 361 g/mol. The molecule has 2 amide bonds. The van der Waals surface area contributed by atoms with E-state index in [2.05, 4.69) is 20.5 Å². The van der Waals surface area contributed by atoms with Crippen LogP contribution in [0.1, 0.15) is 9.67 Å². The van der Waals surface area contributed by atoms with Gasteiger partial charge in [0.1, 0.15) is 0 Å². The van der Waals surface area contributed by atoms with Gasteiger partial charge in [0.05, 0.1) is 30.2 Å². The zero-order valence-electron chi connectivity index (χ0n) is 13.8. The Morgan fingerprint density at radius 3 is 2.56 bits per heavy atom. The molecule has 0 spiro atoms. The van der Waals surface area contributed by atoms with E-state index in [1.54, 1.807) is 0 Å². The molecule has 0 radical (unpaired) electrons. The van der Waals surface area contributed by atoms with E-state index < -0.39 is 6.09 Å². The van der Waals surface area contributed by atoms with E-state index in [9.17, 15) is 9.59 Å². The number of benzene rings is 1. The molecule has 2 N–H and O–H groups in total. The van der Waals surface area contributed by atoms with E-state index in [1.807, 2.05) is 36.4 Å². The molecule has 8 heteroatoms. The van der Waals surface area contributed by atoms with Gasteiger partial charge < -0.3 is 14.4 Å². The summed E-state index contributed by atoms with van der Waals surface area (Å²) in [5.74, 6) is -0.382. The number of hydrogen-bond acceptors (Lipinski definition) is 6. The molecule has 1 aliphatic heterocycles. The van der Waals surface area contributed by atoms with E-state index in [0.717, 1.165) is 29.2 Å². The number of hydrazine groups is 1. The summed E-state index contributed by atoms with van der Waals surface area (Å²) in [7, 11) is 1.23. The van der Waals surface area contributed by atoms with Crippen molar-refractivity contribution >= 4 is 28.3 Å². The lowest BCUT2D eigenvalue weighted by atomic mass is 10.1. The lowest BCUT2D eigenvalue weighted by Gasteiger charge is -2.28. The van der Waals surface area contributed by atoms with Crippen LogP contribution in [0.15, 0.2) is 36.4 Å². The Labute approximate surface area is 149 Å². The maximum atomic E-state index is 12.3. The van der Waals surface area contributed by atoms with Crippen molar-refractivity contribution in [2.45, 2.75) is 0 Å². The molecule has 1 aromatic carbocycles. The summed E-state index contributed by atoms with van der Waals surface area (Å²) in [6.07, 6.45) is -0.721. The van der Waals surface area contributed by atoms with E-state index in [-0.39, 0.29) is 5.91 Å². The fourth-order valence-electron chi connectivity index (χ4n) is 2.54. The molecule has 0 saturated carbocycles. The standard InChI is InChI=1S/C17H19N3O4S/c1-23-17(22)19-18-15(21)14-11-13(12-5-3-2-4-6-12)16(25-14)20-7-9-24-10-8-20/h2-6,11H,7-10H2,1H3,(H,18,21)(H,19,22). The molecule has 1 aromatic heterocycles. The summed E-state index contributed by atoms with van der Waals surface area (Å²) in [5.41, 5.74) is 6.58. The number of nitrogens with zero attached hydrogens (tertiary/aromatic N) is 1.